The molecule has 1 fully saturated rings. The molecule has 1 saturated carbocycles. The maximum Gasteiger partial charge on any atom is 0.325 e. The van der Waals surface area contributed by atoms with Crippen LogP contribution in [-0.4, -0.2) is 23.0 Å². The second kappa shape index (κ2) is 6.21. The maximum absolute atomic E-state index is 12.2. The molecule has 0 radical (unpaired) electrons. The summed E-state index contributed by atoms with van der Waals surface area (Å²) in [5, 5.41) is 11.5. The molecule has 0 aromatic rings. The van der Waals surface area contributed by atoms with Crippen molar-refractivity contribution in [2.75, 3.05) is 0 Å². The molecule has 4 nitrogen and oxygen atoms in total. The van der Waals surface area contributed by atoms with Gasteiger partial charge in [0.05, 0.1) is 0 Å². The van der Waals surface area contributed by atoms with Gasteiger partial charge < -0.3 is 10.4 Å². The number of nitrogens with one attached hydrogen (secondary N) is 1. The third-order valence-electron chi connectivity index (χ3n) is 4.09. The van der Waals surface area contributed by atoms with Crippen LogP contribution in [0.1, 0.15) is 47.0 Å². The quantitative estimate of drug-likeness (QED) is 0.810. The first-order chi connectivity index (χ1) is 8.32. The Hall–Kier alpha value is -1.06. The lowest BCUT2D eigenvalue weighted by Crippen LogP contribution is -2.46. The van der Waals surface area contributed by atoms with E-state index < -0.39 is 12.0 Å². The van der Waals surface area contributed by atoms with Gasteiger partial charge >= 0.3 is 5.97 Å². The molecular weight excluding hydrogens is 230 g/mol. The molecule has 0 aliphatic heterocycles. The van der Waals surface area contributed by atoms with Crippen molar-refractivity contribution in [3.63, 3.8) is 0 Å². The minimum atomic E-state index is -0.978. The Labute approximate surface area is 109 Å². The fourth-order valence-electron chi connectivity index (χ4n) is 2.89. The summed E-state index contributed by atoms with van der Waals surface area (Å²) in [7, 11) is 0. The summed E-state index contributed by atoms with van der Waals surface area (Å²) < 4.78 is 0. The molecule has 4 heteroatoms. The predicted molar refractivity (Wildman–Crippen MR) is 70.1 cm³/mol. The van der Waals surface area contributed by atoms with Crippen LogP contribution in [0.5, 0.6) is 0 Å². The Morgan fingerprint density at radius 2 is 1.83 bits per heavy atom. The fourth-order valence-corrected chi connectivity index (χ4v) is 2.89. The molecule has 4 atom stereocenters. The van der Waals surface area contributed by atoms with Gasteiger partial charge in [-0.15, -0.1) is 0 Å². The summed E-state index contributed by atoms with van der Waals surface area (Å²) in [4.78, 5) is 23.0. The summed E-state index contributed by atoms with van der Waals surface area (Å²) in [6.45, 7) is 7.96. The van der Waals surface area contributed by atoms with Gasteiger partial charge in [-0.25, -0.2) is 0 Å². The van der Waals surface area contributed by atoms with E-state index in [1.54, 1.807) is 0 Å². The number of carboxylic acid groups (broad SMARTS) is 1. The number of carbonyl (C=O) groups is 2. The third-order valence-corrected chi connectivity index (χ3v) is 4.09. The largest absolute Gasteiger partial charge is 0.480 e. The Morgan fingerprint density at radius 1 is 1.22 bits per heavy atom. The van der Waals surface area contributed by atoms with Crippen LogP contribution in [0.2, 0.25) is 0 Å². The van der Waals surface area contributed by atoms with Crippen molar-refractivity contribution in [1.29, 1.82) is 0 Å². The number of hydrogen-bond donors (Lipinski definition) is 2. The highest BCUT2D eigenvalue weighted by molar-refractivity contribution is 5.85. The second-order valence-electron chi connectivity index (χ2n) is 6.00. The highest BCUT2D eigenvalue weighted by Crippen LogP contribution is 2.38. The molecule has 1 aliphatic rings. The average Bonchev–Trinajstić information content (AvgIpc) is 2.28. The summed E-state index contributed by atoms with van der Waals surface area (Å²) in [6.07, 6.45) is 3.11. The zero-order valence-corrected chi connectivity index (χ0v) is 11.8. The van der Waals surface area contributed by atoms with E-state index >= 15 is 0 Å². The van der Waals surface area contributed by atoms with Crippen molar-refractivity contribution in [2.24, 2.45) is 23.7 Å². The molecule has 0 heterocycles. The molecule has 0 aromatic carbocycles. The Kier molecular flexibility index (Phi) is 5.17. The predicted octanol–water partition coefficient (Wildman–Crippen LogP) is 2.28. The molecule has 18 heavy (non-hydrogen) atoms. The van der Waals surface area contributed by atoms with Gasteiger partial charge in [-0.3, -0.25) is 9.59 Å². The second-order valence-corrected chi connectivity index (χ2v) is 6.00. The summed E-state index contributed by atoms with van der Waals surface area (Å²) in [5.41, 5.74) is 0. The highest BCUT2D eigenvalue weighted by atomic mass is 16.4. The van der Waals surface area contributed by atoms with Crippen molar-refractivity contribution in [2.45, 2.75) is 53.0 Å². The number of amides is 1. The summed E-state index contributed by atoms with van der Waals surface area (Å²) in [5.74, 6) is 0.297. The minimum Gasteiger partial charge on any atom is -0.480 e. The van der Waals surface area contributed by atoms with E-state index in [1.165, 1.54) is 13.3 Å². The van der Waals surface area contributed by atoms with E-state index in [-0.39, 0.29) is 11.8 Å². The molecule has 1 rings (SSSR count). The molecule has 3 unspecified atom stereocenters. The first kappa shape index (κ1) is 15.0. The van der Waals surface area contributed by atoms with Crippen molar-refractivity contribution in [3.8, 4) is 0 Å². The zero-order valence-electron chi connectivity index (χ0n) is 11.8. The van der Waals surface area contributed by atoms with Crippen LogP contribution in [0.25, 0.3) is 0 Å². The lowest BCUT2D eigenvalue weighted by Gasteiger charge is -2.36. The van der Waals surface area contributed by atoms with E-state index in [2.05, 4.69) is 26.1 Å². The van der Waals surface area contributed by atoms with Crippen LogP contribution >= 0.6 is 0 Å². The normalized spacial score (nSPS) is 29.9. The highest BCUT2D eigenvalue weighted by Gasteiger charge is 2.36. The van der Waals surface area contributed by atoms with Gasteiger partial charge in [-0.2, -0.15) is 0 Å². The van der Waals surface area contributed by atoms with Crippen molar-refractivity contribution in [3.05, 3.63) is 0 Å². The summed E-state index contributed by atoms with van der Waals surface area (Å²) in [6, 6.07) is -0.803. The van der Waals surface area contributed by atoms with Crippen LogP contribution in [-0.2, 0) is 9.59 Å². The molecule has 0 saturated heterocycles. The molecular formula is C14H25NO3. The molecule has 1 aliphatic carbocycles. The lowest BCUT2D eigenvalue weighted by molar-refractivity contribution is -0.142. The number of carbonyl (C=O) groups excluding carboxylic acids is 1. The Morgan fingerprint density at radius 3 is 2.33 bits per heavy atom. The van der Waals surface area contributed by atoms with Crippen LogP contribution in [0.4, 0.5) is 0 Å². The standard InChI is InChI=1S/C14H25NO3/c1-8(2)11-6-5-9(3)7-12(11)13(16)15-10(4)14(17)18/h8-12H,5-7H2,1-4H3,(H,15,16)(H,17,18)/t9?,10-,11?,12?/m0/s1. The van der Waals surface area contributed by atoms with Gasteiger partial charge in [0.1, 0.15) is 6.04 Å². The van der Waals surface area contributed by atoms with E-state index in [4.69, 9.17) is 5.11 Å². The van der Waals surface area contributed by atoms with Crippen LogP contribution in [0, 0.1) is 23.7 Å². The van der Waals surface area contributed by atoms with Crippen molar-refractivity contribution < 1.29 is 14.7 Å². The Bertz CT molecular complexity index is 314. The maximum atomic E-state index is 12.2. The van der Waals surface area contributed by atoms with E-state index in [0.717, 1.165) is 12.8 Å². The Balaban J connectivity index is 2.69. The van der Waals surface area contributed by atoms with Gasteiger partial charge in [0.25, 0.3) is 0 Å². The van der Waals surface area contributed by atoms with E-state index in [1.807, 2.05) is 0 Å². The molecule has 1 amide bonds. The lowest BCUT2D eigenvalue weighted by atomic mass is 9.69. The molecule has 104 valence electrons. The topological polar surface area (TPSA) is 66.4 Å². The van der Waals surface area contributed by atoms with Gasteiger partial charge in [-0.1, -0.05) is 27.2 Å². The van der Waals surface area contributed by atoms with Crippen LogP contribution < -0.4 is 5.32 Å². The monoisotopic (exact) mass is 255 g/mol. The number of aliphatic carboxylic acids is 1. The minimum absolute atomic E-state index is 0.0319. The van der Waals surface area contributed by atoms with E-state index in [9.17, 15) is 9.59 Å². The number of rotatable bonds is 4. The fraction of sp³-hybridized carbons (Fsp3) is 0.857. The van der Waals surface area contributed by atoms with Gasteiger partial charge in [0, 0.05) is 5.92 Å². The van der Waals surface area contributed by atoms with E-state index in [0.29, 0.717) is 17.8 Å². The molecule has 0 bridgehead atoms. The van der Waals surface area contributed by atoms with Crippen LogP contribution in [0.3, 0.4) is 0 Å². The number of hydrogen-bond acceptors (Lipinski definition) is 2. The van der Waals surface area contributed by atoms with Crippen molar-refractivity contribution in [1.82, 2.24) is 5.32 Å². The smallest absolute Gasteiger partial charge is 0.325 e. The molecule has 2 N–H and O–H groups in total. The first-order valence-electron chi connectivity index (χ1n) is 6.86. The average molecular weight is 255 g/mol. The zero-order chi connectivity index (χ0) is 13.9. The van der Waals surface area contributed by atoms with Gasteiger partial charge in [0.15, 0.2) is 0 Å². The molecule has 0 spiro atoms. The number of carboxylic acids is 1. The molecule has 0 aromatic heterocycles. The SMILES string of the molecule is CC1CCC(C(C)C)C(C(=O)N[C@@H](C)C(=O)O)C1. The van der Waals surface area contributed by atoms with Gasteiger partial charge in [0.2, 0.25) is 5.91 Å². The third kappa shape index (κ3) is 3.72. The summed E-state index contributed by atoms with van der Waals surface area (Å²) >= 11 is 0. The first-order valence-corrected chi connectivity index (χ1v) is 6.86. The van der Waals surface area contributed by atoms with Crippen LogP contribution in [0.15, 0.2) is 0 Å². The van der Waals surface area contributed by atoms with Gasteiger partial charge in [-0.05, 0) is 37.5 Å². The van der Waals surface area contributed by atoms with Crippen molar-refractivity contribution >= 4 is 11.9 Å².